The van der Waals surface area contributed by atoms with Crippen LogP contribution >= 0.6 is 11.6 Å². The van der Waals surface area contributed by atoms with Gasteiger partial charge in [-0.2, -0.15) is 5.10 Å². The lowest BCUT2D eigenvalue weighted by molar-refractivity contribution is 0.0690. The van der Waals surface area contributed by atoms with E-state index >= 15 is 0 Å². The Bertz CT molecular complexity index is 738. The number of benzene rings is 1. The molecule has 2 aromatic rings. The highest BCUT2D eigenvalue weighted by atomic mass is 35.5. The second kappa shape index (κ2) is 6.29. The highest BCUT2D eigenvalue weighted by Gasteiger charge is 2.24. The molecule has 0 saturated carbocycles. The Labute approximate surface area is 137 Å². The van der Waals surface area contributed by atoms with E-state index in [1.807, 2.05) is 24.3 Å². The number of hydrogen-bond donors (Lipinski definition) is 2. The van der Waals surface area contributed by atoms with Crippen molar-refractivity contribution in [3.05, 3.63) is 46.7 Å². The van der Waals surface area contributed by atoms with E-state index in [-0.39, 0.29) is 17.3 Å². The number of aromatic carboxylic acids is 1. The van der Waals surface area contributed by atoms with E-state index in [1.165, 1.54) is 6.07 Å². The number of rotatable bonds is 3. The number of carbonyl (C=O) groups is 2. The predicted octanol–water partition coefficient (Wildman–Crippen LogP) is 1.72. The zero-order valence-corrected chi connectivity index (χ0v) is 13.0. The minimum atomic E-state index is -1.14. The minimum absolute atomic E-state index is 0.0917. The van der Waals surface area contributed by atoms with Crippen molar-refractivity contribution in [2.24, 2.45) is 0 Å². The highest BCUT2D eigenvalue weighted by Crippen LogP contribution is 2.21. The van der Waals surface area contributed by atoms with E-state index in [0.717, 1.165) is 5.69 Å². The number of nitrogens with one attached hydrogen (secondary N) is 1. The number of amides is 1. The fourth-order valence-electron chi connectivity index (χ4n) is 2.54. The molecule has 1 amide bonds. The fourth-order valence-corrected chi connectivity index (χ4v) is 2.73. The molecule has 1 aromatic heterocycles. The van der Waals surface area contributed by atoms with Crippen LogP contribution in [0.1, 0.15) is 21.0 Å². The van der Waals surface area contributed by atoms with Crippen LogP contribution in [0, 0.1) is 0 Å². The summed E-state index contributed by atoms with van der Waals surface area (Å²) in [5, 5.41) is 15.7. The van der Waals surface area contributed by atoms with Crippen LogP contribution in [0.4, 0.5) is 5.69 Å². The molecule has 0 radical (unpaired) electrons. The third-order valence-electron chi connectivity index (χ3n) is 3.77. The molecule has 1 saturated heterocycles. The molecule has 1 aliphatic heterocycles. The Kier molecular flexibility index (Phi) is 4.20. The van der Waals surface area contributed by atoms with Gasteiger partial charge >= 0.3 is 5.97 Å². The number of carboxylic acids is 1. The van der Waals surface area contributed by atoms with Gasteiger partial charge in [0.05, 0.1) is 0 Å². The number of carbonyl (C=O) groups excluding carboxylic acids is 1. The van der Waals surface area contributed by atoms with Crippen LogP contribution < -0.4 is 4.90 Å². The van der Waals surface area contributed by atoms with Gasteiger partial charge in [0.25, 0.3) is 5.91 Å². The zero-order valence-electron chi connectivity index (χ0n) is 12.2. The van der Waals surface area contributed by atoms with Gasteiger partial charge in [0.15, 0.2) is 5.69 Å². The number of anilines is 1. The molecule has 0 bridgehead atoms. The number of piperazine rings is 1. The van der Waals surface area contributed by atoms with Gasteiger partial charge in [-0.3, -0.25) is 9.89 Å². The van der Waals surface area contributed by atoms with E-state index in [0.29, 0.717) is 31.2 Å². The maximum Gasteiger partial charge on any atom is 0.353 e. The molecule has 7 nitrogen and oxygen atoms in total. The van der Waals surface area contributed by atoms with Crippen molar-refractivity contribution in [3.8, 4) is 0 Å². The van der Waals surface area contributed by atoms with Crippen molar-refractivity contribution in [2.75, 3.05) is 31.1 Å². The highest BCUT2D eigenvalue weighted by molar-refractivity contribution is 6.30. The quantitative estimate of drug-likeness (QED) is 0.892. The van der Waals surface area contributed by atoms with Gasteiger partial charge in [-0.25, -0.2) is 4.79 Å². The van der Waals surface area contributed by atoms with E-state index in [2.05, 4.69) is 15.1 Å². The zero-order chi connectivity index (χ0) is 16.4. The van der Waals surface area contributed by atoms with Gasteiger partial charge in [0.2, 0.25) is 0 Å². The maximum atomic E-state index is 12.3. The molecule has 1 fully saturated rings. The molecule has 23 heavy (non-hydrogen) atoms. The van der Waals surface area contributed by atoms with Crippen molar-refractivity contribution in [2.45, 2.75) is 0 Å². The van der Waals surface area contributed by atoms with Crippen molar-refractivity contribution >= 4 is 29.2 Å². The molecular formula is C15H15ClN4O3. The molecule has 0 atom stereocenters. The molecule has 2 N–H and O–H groups in total. The first kappa shape index (κ1) is 15.4. The van der Waals surface area contributed by atoms with Gasteiger partial charge in [-0.05, 0) is 18.2 Å². The molecule has 120 valence electrons. The number of aromatic nitrogens is 2. The summed E-state index contributed by atoms with van der Waals surface area (Å²) in [4.78, 5) is 27.0. The van der Waals surface area contributed by atoms with Crippen LogP contribution in [0.2, 0.25) is 5.02 Å². The van der Waals surface area contributed by atoms with Crippen LogP contribution in [0.5, 0.6) is 0 Å². The summed E-state index contributed by atoms with van der Waals surface area (Å²) >= 11 is 6.00. The van der Waals surface area contributed by atoms with Gasteiger partial charge in [0, 0.05) is 43.0 Å². The molecule has 8 heteroatoms. The Hall–Kier alpha value is -2.54. The van der Waals surface area contributed by atoms with Gasteiger partial charge in [-0.1, -0.05) is 17.7 Å². The monoisotopic (exact) mass is 334 g/mol. The molecule has 1 aliphatic rings. The lowest BCUT2D eigenvalue weighted by Crippen LogP contribution is -2.48. The Balaban J connectivity index is 1.64. The van der Waals surface area contributed by atoms with E-state index < -0.39 is 5.97 Å². The number of hydrogen-bond acceptors (Lipinski definition) is 4. The topological polar surface area (TPSA) is 89.5 Å². The Morgan fingerprint density at radius 3 is 2.52 bits per heavy atom. The first-order valence-corrected chi connectivity index (χ1v) is 7.51. The van der Waals surface area contributed by atoms with Crippen LogP contribution in [0.15, 0.2) is 30.3 Å². The standard InChI is InChI=1S/C15H15ClN4O3/c16-10-2-1-3-11(8-10)19-4-6-20(7-5-19)14(21)12-9-13(15(22)23)18-17-12/h1-3,8-9H,4-7H2,(H,17,18)(H,22,23). The maximum absolute atomic E-state index is 12.3. The summed E-state index contributed by atoms with van der Waals surface area (Å²) in [7, 11) is 0. The molecule has 3 rings (SSSR count). The summed E-state index contributed by atoms with van der Waals surface area (Å²) in [5.74, 6) is -1.40. The first-order chi connectivity index (χ1) is 11.0. The van der Waals surface area contributed by atoms with Crippen LogP contribution in [0.3, 0.4) is 0 Å². The van der Waals surface area contributed by atoms with Crippen molar-refractivity contribution < 1.29 is 14.7 Å². The lowest BCUT2D eigenvalue weighted by atomic mass is 10.2. The summed E-state index contributed by atoms with van der Waals surface area (Å²) in [6.45, 7) is 2.45. The minimum Gasteiger partial charge on any atom is -0.477 e. The molecule has 2 heterocycles. The number of carboxylic acid groups (broad SMARTS) is 1. The normalized spacial score (nSPS) is 14.8. The van der Waals surface area contributed by atoms with Gasteiger partial charge in [0.1, 0.15) is 5.69 Å². The second-order valence-corrected chi connectivity index (χ2v) is 5.67. The van der Waals surface area contributed by atoms with E-state index in [4.69, 9.17) is 16.7 Å². The SMILES string of the molecule is O=C(O)c1cc(C(=O)N2CCN(c3cccc(Cl)c3)CC2)n[nH]1. The van der Waals surface area contributed by atoms with Crippen LogP contribution in [-0.2, 0) is 0 Å². The first-order valence-electron chi connectivity index (χ1n) is 7.13. The van der Waals surface area contributed by atoms with Crippen LogP contribution in [0.25, 0.3) is 0 Å². The van der Waals surface area contributed by atoms with E-state index in [9.17, 15) is 9.59 Å². The Morgan fingerprint density at radius 2 is 1.91 bits per heavy atom. The summed E-state index contributed by atoms with van der Waals surface area (Å²) in [6.07, 6.45) is 0. The third-order valence-corrected chi connectivity index (χ3v) is 4.00. The predicted molar refractivity (Wildman–Crippen MR) is 85.1 cm³/mol. The molecule has 1 aromatic carbocycles. The molecule has 0 unspecified atom stereocenters. The average molecular weight is 335 g/mol. The molecular weight excluding hydrogens is 320 g/mol. The smallest absolute Gasteiger partial charge is 0.353 e. The Morgan fingerprint density at radius 1 is 1.17 bits per heavy atom. The molecule has 0 spiro atoms. The third kappa shape index (κ3) is 3.29. The number of nitrogens with zero attached hydrogens (tertiary/aromatic N) is 3. The summed E-state index contributed by atoms with van der Waals surface area (Å²) in [5.41, 5.74) is 1.06. The number of H-pyrrole nitrogens is 1. The van der Waals surface area contributed by atoms with Gasteiger partial charge in [-0.15, -0.1) is 0 Å². The van der Waals surface area contributed by atoms with Crippen molar-refractivity contribution in [1.29, 1.82) is 0 Å². The fraction of sp³-hybridized carbons (Fsp3) is 0.267. The van der Waals surface area contributed by atoms with Gasteiger partial charge < -0.3 is 14.9 Å². The summed E-state index contributed by atoms with van der Waals surface area (Å²) in [6, 6.07) is 8.85. The van der Waals surface area contributed by atoms with Crippen molar-refractivity contribution in [1.82, 2.24) is 15.1 Å². The van der Waals surface area contributed by atoms with Crippen LogP contribution in [-0.4, -0.2) is 58.3 Å². The average Bonchev–Trinajstić information content (AvgIpc) is 3.04. The lowest BCUT2D eigenvalue weighted by Gasteiger charge is -2.35. The second-order valence-electron chi connectivity index (χ2n) is 5.23. The largest absolute Gasteiger partial charge is 0.477 e. The van der Waals surface area contributed by atoms with Crippen molar-refractivity contribution in [3.63, 3.8) is 0 Å². The van der Waals surface area contributed by atoms with E-state index in [1.54, 1.807) is 4.90 Å². The number of aromatic amines is 1. The summed E-state index contributed by atoms with van der Waals surface area (Å²) < 4.78 is 0. The number of halogens is 1. The molecule has 0 aliphatic carbocycles.